The lowest BCUT2D eigenvalue weighted by Crippen LogP contribution is -1.97. The molecule has 1 aromatic carbocycles. The van der Waals surface area contributed by atoms with Crippen molar-refractivity contribution in [3.63, 3.8) is 0 Å². The van der Waals surface area contributed by atoms with Crippen LogP contribution in [0.4, 0.5) is 0 Å². The molecule has 0 saturated carbocycles. The summed E-state index contributed by atoms with van der Waals surface area (Å²) >= 11 is 12.6. The topological polar surface area (TPSA) is 0 Å². The molecule has 18 heavy (non-hydrogen) atoms. The van der Waals surface area contributed by atoms with Crippen molar-refractivity contribution in [2.75, 3.05) is 17.3 Å². The van der Waals surface area contributed by atoms with Crippen molar-refractivity contribution in [2.45, 2.75) is 19.3 Å². The molecule has 0 saturated heterocycles. The van der Waals surface area contributed by atoms with E-state index < -0.39 is 0 Å². The van der Waals surface area contributed by atoms with E-state index in [0.29, 0.717) is 0 Å². The highest BCUT2D eigenvalue weighted by atomic mass is 33.1. The first-order valence-electron chi connectivity index (χ1n) is 5.71. The van der Waals surface area contributed by atoms with Crippen LogP contribution in [0.3, 0.4) is 0 Å². The smallest absolute Gasteiger partial charge is 0.00750 e. The van der Waals surface area contributed by atoms with Crippen LogP contribution in [0.25, 0.3) is 0 Å². The number of benzene rings is 1. The Morgan fingerprint density at radius 3 is 1.11 bits per heavy atom. The van der Waals surface area contributed by atoms with Crippen LogP contribution in [0.5, 0.6) is 0 Å². The summed E-state index contributed by atoms with van der Waals surface area (Å²) in [5.41, 5.74) is 4.28. The maximum absolute atomic E-state index is 4.21. The minimum Gasteiger partial charge on any atom is -0.111 e. The average molecular weight is 355 g/mol. The molecule has 102 valence electrons. The molecule has 0 aliphatic rings. The number of thiol groups is 3. The van der Waals surface area contributed by atoms with E-state index in [2.05, 4.69) is 53.2 Å². The van der Waals surface area contributed by atoms with Gasteiger partial charge in [-0.05, 0) is 36.0 Å². The summed E-state index contributed by atoms with van der Waals surface area (Å²) in [7, 11) is 4.82. The molecule has 0 aliphatic carbocycles. The van der Waals surface area contributed by atoms with E-state index in [-0.39, 0.29) is 0 Å². The molecule has 0 heterocycles. The van der Waals surface area contributed by atoms with Gasteiger partial charge >= 0.3 is 0 Å². The summed E-state index contributed by atoms with van der Waals surface area (Å²) in [6.45, 7) is 0. The second-order valence-corrected chi connectivity index (χ2v) is 8.23. The summed E-state index contributed by atoms with van der Waals surface area (Å²) in [6.07, 6.45) is 3.28. The molecule has 0 spiro atoms. The molecule has 0 bridgehead atoms. The van der Waals surface area contributed by atoms with Crippen LogP contribution in [0.15, 0.2) is 18.2 Å². The van der Waals surface area contributed by atoms with Crippen LogP contribution in [-0.4, -0.2) is 17.3 Å². The Kier molecular flexibility index (Phi) is 10.6. The molecule has 0 atom stereocenters. The molecule has 0 fully saturated rings. The number of hydrogen-bond donors (Lipinski definition) is 3. The normalized spacial score (nSPS) is 10.8. The molecule has 0 N–H and O–H groups in total. The van der Waals surface area contributed by atoms with Crippen molar-refractivity contribution in [3.8, 4) is 0 Å². The number of aryl methyl sites for hydroxylation is 3. The maximum Gasteiger partial charge on any atom is 0.00750 e. The fourth-order valence-electron chi connectivity index (χ4n) is 1.76. The predicted molar refractivity (Wildman–Crippen MR) is 102 cm³/mol. The molecule has 6 heteroatoms. The highest BCUT2D eigenvalue weighted by Gasteiger charge is 2.02. The van der Waals surface area contributed by atoms with Crippen molar-refractivity contribution in [3.05, 3.63) is 34.9 Å². The van der Waals surface area contributed by atoms with Gasteiger partial charge < -0.3 is 0 Å². The van der Waals surface area contributed by atoms with Crippen LogP contribution < -0.4 is 0 Å². The first-order valence-corrected chi connectivity index (χ1v) is 11.8. The first-order chi connectivity index (χ1) is 8.80. The minimum absolute atomic E-state index is 1.06. The first kappa shape index (κ1) is 17.4. The average Bonchev–Trinajstić information content (AvgIpc) is 2.40. The quantitative estimate of drug-likeness (QED) is 0.420. The van der Waals surface area contributed by atoms with E-state index in [0.717, 1.165) is 36.5 Å². The Bertz CT molecular complexity index is 277. The molecule has 0 radical (unpaired) electrons. The highest BCUT2D eigenvalue weighted by Crippen LogP contribution is 2.19. The van der Waals surface area contributed by atoms with Gasteiger partial charge in [-0.15, -0.1) is 35.0 Å². The van der Waals surface area contributed by atoms with Gasteiger partial charge in [-0.3, -0.25) is 0 Å². The summed E-state index contributed by atoms with van der Waals surface area (Å²) in [6, 6.07) is 6.97. The molecule has 0 amide bonds. The van der Waals surface area contributed by atoms with Crippen molar-refractivity contribution < 1.29 is 0 Å². The number of hydrogen-bond acceptors (Lipinski definition) is 6. The SMILES string of the molecule is SSCCc1cc(CCSS)cc(CCSS)c1. The van der Waals surface area contributed by atoms with Crippen LogP contribution in [0, 0.1) is 0 Å². The molecular weight excluding hydrogens is 337 g/mol. The third-order valence-corrected chi connectivity index (χ3v) is 5.36. The van der Waals surface area contributed by atoms with E-state index in [1.54, 1.807) is 32.4 Å². The number of rotatable bonds is 9. The second kappa shape index (κ2) is 11.0. The zero-order chi connectivity index (χ0) is 13.2. The molecule has 0 aromatic heterocycles. The van der Waals surface area contributed by atoms with E-state index >= 15 is 0 Å². The summed E-state index contributed by atoms with van der Waals surface area (Å²) in [5.74, 6) is 3.19. The highest BCUT2D eigenvalue weighted by molar-refractivity contribution is 8.69. The monoisotopic (exact) mass is 354 g/mol. The molecule has 0 unspecified atom stereocenters. The Balaban J connectivity index is 2.74. The molecule has 0 aliphatic heterocycles. The van der Waals surface area contributed by atoms with E-state index in [9.17, 15) is 0 Å². The standard InChI is InChI=1S/C12H18S6/c13-16-4-1-10-7-11(2-5-17-14)9-12(8-10)3-6-18-15/h7-9,13-15H,1-6H2. The summed E-state index contributed by atoms with van der Waals surface area (Å²) < 4.78 is 0. The Labute approximate surface area is 138 Å². The Morgan fingerprint density at radius 2 is 0.889 bits per heavy atom. The molecule has 1 rings (SSSR count). The van der Waals surface area contributed by atoms with Gasteiger partial charge in [0.05, 0.1) is 0 Å². The van der Waals surface area contributed by atoms with Gasteiger partial charge in [0.25, 0.3) is 0 Å². The second-order valence-electron chi connectivity index (χ2n) is 3.91. The molecule has 1 aromatic rings. The zero-order valence-electron chi connectivity index (χ0n) is 10.0. The maximum atomic E-state index is 4.21. The van der Waals surface area contributed by atoms with Gasteiger partial charge in [0.15, 0.2) is 0 Å². The van der Waals surface area contributed by atoms with Crippen LogP contribution in [0.2, 0.25) is 0 Å². The van der Waals surface area contributed by atoms with Crippen molar-refractivity contribution in [2.24, 2.45) is 0 Å². The Hall–Kier alpha value is 1.32. The molecule has 0 nitrogen and oxygen atoms in total. The lowest BCUT2D eigenvalue weighted by Gasteiger charge is -2.09. The summed E-state index contributed by atoms with van der Waals surface area (Å²) in [5, 5.41) is 0. The molecular formula is C12H18S6. The van der Waals surface area contributed by atoms with Gasteiger partial charge in [0, 0.05) is 17.3 Å². The third-order valence-electron chi connectivity index (χ3n) is 2.56. The van der Waals surface area contributed by atoms with Crippen LogP contribution in [0.1, 0.15) is 16.7 Å². The van der Waals surface area contributed by atoms with Gasteiger partial charge in [-0.1, -0.05) is 50.6 Å². The van der Waals surface area contributed by atoms with E-state index in [4.69, 9.17) is 0 Å². The largest absolute Gasteiger partial charge is 0.111 e. The van der Waals surface area contributed by atoms with E-state index in [1.807, 2.05) is 0 Å². The zero-order valence-corrected chi connectivity index (χ0v) is 15.2. The van der Waals surface area contributed by atoms with Crippen LogP contribution in [-0.2, 0) is 19.3 Å². The van der Waals surface area contributed by atoms with Gasteiger partial charge in [0.1, 0.15) is 0 Å². The van der Waals surface area contributed by atoms with Gasteiger partial charge in [-0.25, -0.2) is 0 Å². The minimum atomic E-state index is 1.06. The fourth-order valence-corrected chi connectivity index (χ4v) is 3.57. The van der Waals surface area contributed by atoms with Gasteiger partial charge in [0.2, 0.25) is 0 Å². The fraction of sp³-hybridized carbons (Fsp3) is 0.500. The van der Waals surface area contributed by atoms with Crippen molar-refractivity contribution >= 4 is 67.4 Å². The lowest BCUT2D eigenvalue weighted by molar-refractivity contribution is 1.06. The third kappa shape index (κ3) is 7.20. The van der Waals surface area contributed by atoms with E-state index in [1.165, 1.54) is 16.7 Å². The van der Waals surface area contributed by atoms with Crippen molar-refractivity contribution in [1.82, 2.24) is 0 Å². The van der Waals surface area contributed by atoms with Crippen molar-refractivity contribution in [1.29, 1.82) is 0 Å². The predicted octanol–water partition coefficient (Wildman–Crippen LogP) is 5.05. The Morgan fingerprint density at radius 1 is 0.611 bits per heavy atom. The van der Waals surface area contributed by atoms with Crippen LogP contribution >= 0.6 is 67.4 Å². The lowest BCUT2D eigenvalue weighted by atomic mass is 10.0. The van der Waals surface area contributed by atoms with Gasteiger partial charge in [-0.2, -0.15) is 0 Å². The summed E-state index contributed by atoms with van der Waals surface area (Å²) in [4.78, 5) is 0.